The van der Waals surface area contributed by atoms with E-state index in [9.17, 15) is 4.79 Å². The molecule has 0 saturated carbocycles. The van der Waals surface area contributed by atoms with E-state index < -0.39 is 0 Å². The van der Waals surface area contributed by atoms with Crippen LogP contribution in [0.3, 0.4) is 0 Å². The number of hydrogen-bond acceptors (Lipinski definition) is 3. The highest BCUT2D eigenvalue weighted by molar-refractivity contribution is 5.96. The van der Waals surface area contributed by atoms with E-state index in [0.29, 0.717) is 13.1 Å². The maximum absolute atomic E-state index is 12.7. The van der Waals surface area contributed by atoms with Crippen molar-refractivity contribution in [3.05, 3.63) is 96.6 Å². The van der Waals surface area contributed by atoms with Crippen molar-refractivity contribution in [3.63, 3.8) is 0 Å². The molecule has 31 heavy (non-hydrogen) atoms. The second kappa shape index (κ2) is 9.45. The number of benzene rings is 4. The Kier molecular flexibility index (Phi) is 6.29. The molecule has 0 unspecified atom stereocenters. The van der Waals surface area contributed by atoms with Gasteiger partial charge in [0.25, 0.3) is 0 Å². The Labute approximate surface area is 183 Å². The first-order valence-corrected chi connectivity index (χ1v) is 10.3. The third-order valence-electron chi connectivity index (χ3n) is 5.26. The van der Waals surface area contributed by atoms with Crippen LogP contribution >= 0.6 is 0 Å². The molecule has 4 nitrogen and oxygen atoms in total. The van der Waals surface area contributed by atoms with E-state index in [4.69, 9.17) is 4.74 Å². The summed E-state index contributed by atoms with van der Waals surface area (Å²) in [4.78, 5) is 14.7. The van der Waals surface area contributed by atoms with E-state index >= 15 is 0 Å². The molecule has 0 saturated heterocycles. The summed E-state index contributed by atoms with van der Waals surface area (Å²) in [6, 6.07) is 30.4. The number of fused-ring (bicyclic) bond motifs is 1. The predicted molar refractivity (Wildman–Crippen MR) is 127 cm³/mol. The summed E-state index contributed by atoms with van der Waals surface area (Å²) in [5, 5.41) is 5.37. The molecule has 0 aliphatic heterocycles. The number of methoxy groups -OCH3 is 1. The SMILES string of the molecule is COc1ccc2cc(CN(C)CC(=O)Nc3ccccc3-c3ccccc3)ccc2c1. The standard InChI is InChI=1S/C27H26N2O2/c1-29(18-20-12-13-23-17-24(31-2)15-14-22(23)16-20)19-27(30)28-26-11-7-6-10-25(26)21-8-4-3-5-9-21/h3-17H,18-19H2,1-2H3,(H,28,30). The Hall–Kier alpha value is -3.63. The third kappa shape index (κ3) is 5.11. The van der Waals surface area contributed by atoms with Crippen molar-refractivity contribution in [3.8, 4) is 16.9 Å². The average molecular weight is 411 g/mol. The van der Waals surface area contributed by atoms with Gasteiger partial charge in [-0.2, -0.15) is 0 Å². The molecule has 0 fully saturated rings. The highest BCUT2D eigenvalue weighted by Gasteiger charge is 2.11. The molecule has 4 aromatic carbocycles. The zero-order valence-electron chi connectivity index (χ0n) is 17.8. The van der Waals surface area contributed by atoms with Crippen LogP contribution in [0.15, 0.2) is 91.0 Å². The third-order valence-corrected chi connectivity index (χ3v) is 5.26. The van der Waals surface area contributed by atoms with Crippen LogP contribution < -0.4 is 10.1 Å². The van der Waals surface area contributed by atoms with Gasteiger partial charge in [0.15, 0.2) is 0 Å². The summed E-state index contributed by atoms with van der Waals surface area (Å²) in [6.07, 6.45) is 0. The Balaban J connectivity index is 1.41. The molecule has 156 valence electrons. The topological polar surface area (TPSA) is 41.6 Å². The Bertz CT molecular complexity index is 1190. The molecule has 4 aromatic rings. The lowest BCUT2D eigenvalue weighted by atomic mass is 10.0. The summed E-state index contributed by atoms with van der Waals surface area (Å²) in [6.45, 7) is 0.999. The number of hydrogen-bond donors (Lipinski definition) is 1. The van der Waals surface area contributed by atoms with E-state index in [0.717, 1.165) is 38.9 Å². The molecule has 1 N–H and O–H groups in total. The number of anilines is 1. The van der Waals surface area contributed by atoms with Crippen LogP contribution in [0.2, 0.25) is 0 Å². The fourth-order valence-corrected chi connectivity index (χ4v) is 3.76. The monoisotopic (exact) mass is 410 g/mol. The zero-order valence-corrected chi connectivity index (χ0v) is 17.8. The minimum atomic E-state index is -0.0311. The first-order valence-electron chi connectivity index (χ1n) is 10.3. The van der Waals surface area contributed by atoms with E-state index in [-0.39, 0.29) is 5.91 Å². The van der Waals surface area contributed by atoms with Crippen LogP contribution in [-0.2, 0) is 11.3 Å². The second-order valence-corrected chi connectivity index (χ2v) is 7.68. The molecule has 0 bridgehead atoms. The lowest BCUT2D eigenvalue weighted by molar-refractivity contribution is -0.117. The van der Waals surface area contributed by atoms with Crippen molar-refractivity contribution in [2.75, 3.05) is 26.0 Å². The first kappa shape index (κ1) is 20.6. The normalized spacial score (nSPS) is 10.9. The number of ether oxygens (including phenoxy) is 1. The summed E-state index contributed by atoms with van der Waals surface area (Å²) < 4.78 is 5.29. The van der Waals surface area contributed by atoms with Gasteiger partial charge in [-0.1, -0.05) is 66.7 Å². The number of nitrogens with one attached hydrogen (secondary N) is 1. The van der Waals surface area contributed by atoms with Crippen LogP contribution in [-0.4, -0.2) is 31.5 Å². The van der Waals surface area contributed by atoms with Crippen LogP contribution in [0.25, 0.3) is 21.9 Å². The largest absolute Gasteiger partial charge is 0.497 e. The van der Waals surface area contributed by atoms with Gasteiger partial charge in [-0.05, 0) is 53.2 Å². The van der Waals surface area contributed by atoms with E-state index in [2.05, 4.69) is 29.6 Å². The van der Waals surface area contributed by atoms with Crippen LogP contribution in [0.1, 0.15) is 5.56 Å². The molecule has 0 spiro atoms. The van der Waals surface area contributed by atoms with Crippen molar-refractivity contribution in [1.29, 1.82) is 0 Å². The summed E-state index contributed by atoms with van der Waals surface area (Å²) in [5.74, 6) is 0.821. The second-order valence-electron chi connectivity index (χ2n) is 7.68. The van der Waals surface area contributed by atoms with Gasteiger partial charge in [0, 0.05) is 17.8 Å². The lowest BCUT2D eigenvalue weighted by Crippen LogP contribution is -2.30. The molecule has 1 amide bonds. The van der Waals surface area contributed by atoms with Crippen molar-refractivity contribution >= 4 is 22.4 Å². The van der Waals surface area contributed by atoms with Crippen LogP contribution in [0, 0.1) is 0 Å². The van der Waals surface area contributed by atoms with Crippen molar-refractivity contribution in [2.24, 2.45) is 0 Å². The number of rotatable bonds is 7. The molecule has 0 aliphatic carbocycles. The van der Waals surface area contributed by atoms with Gasteiger partial charge >= 0.3 is 0 Å². The van der Waals surface area contributed by atoms with Gasteiger partial charge in [0.2, 0.25) is 5.91 Å². The quantitative estimate of drug-likeness (QED) is 0.432. The smallest absolute Gasteiger partial charge is 0.238 e. The van der Waals surface area contributed by atoms with Gasteiger partial charge in [-0.3, -0.25) is 9.69 Å². The molecule has 0 atom stereocenters. The van der Waals surface area contributed by atoms with Crippen molar-refractivity contribution in [2.45, 2.75) is 6.54 Å². The minimum Gasteiger partial charge on any atom is -0.497 e. The maximum Gasteiger partial charge on any atom is 0.238 e. The minimum absolute atomic E-state index is 0.0311. The number of carbonyl (C=O) groups is 1. The average Bonchev–Trinajstić information content (AvgIpc) is 2.79. The summed E-state index contributed by atoms with van der Waals surface area (Å²) in [5.41, 5.74) is 4.09. The van der Waals surface area contributed by atoms with E-state index in [1.807, 2.05) is 78.7 Å². The first-order chi connectivity index (χ1) is 15.1. The number of carbonyl (C=O) groups excluding carboxylic acids is 1. The summed E-state index contributed by atoms with van der Waals surface area (Å²) in [7, 11) is 3.63. The Morgan fingerprint density at radius 2 is 1.58 bits per heavy atom. The maximum atomic E-state index is 12.7. The molecule has 0 aromatic heterocycles. The molecular weight excluding hydrogens is 384 g/mol. The van der Waals surface area contributed by atoms with Crippen molar-refractivity contribution < 1.29 is 9.53 Å². The van der Waals surface area contributed by atoms with E-state index in [1.54, 1.807) is 7.11 Å². The molecule has 4 heteroatoms. The molecular formula is C27H26N2O2. The predicted octanol–water partition coefficient (Wildman–Crippen LogP) is 5.59. The Morgan fingerprint density at radius 3 is 2.39 bits per heavy atom. The fourth-order valence-electron chi connectivity index (χ4n) is 3.76. The zero-order chi connectivity index (χ0) is 21.6. The van der Waals surface area contributed by atoms with Gasteiger partial charge in [0.05, 0.1) is 13.7 Å². The van der Waals surface area contributed by atoms with Gasteiger partial charge in [-0.25, -0.2) is 0 Å². The fraction of sp³-hybridized carbons (Fsp3) is 0.148. The van der Waals surface area contributed by atoms with Gasteiger partial charge in [-0.15, -0.1) is 0 Å². The number of nitrogens with zero attached hydrogens (tertiary/aromatic N) is 1. The van der Waals surface area contributed by atoms with Crippen molar-refractivity contribution in [1.82, 2.24) is 4.90 Å². The number of likely N-dealkylation sites (N-methyl/N-ethyl adjacent to an activating group) is 1. The molecule has 4 rings (SSSR count). The highest BCUT2D eigenvalue weighted by Crippen LogP contribution is 2.27. The highest BCUT2D eigenvalue weighted by atomic mass is 16.5. The number of para-hydroxylation sites is 1. The van der Waals surface area contributed by atoms with E-state index in [1.165, 1.54) is 0 Å². The van der Waals surface area contributed by atoms with Crippen LogP contribution in [0.5, 0.6) is 5.75 Å². The van der Waals surface area contributed by atoms with Gasteiger partial charge < -0.3 is 10.1 Å². The molecule has 0 radical (unpaired) electrons. The summed E-state index contributed by atoms with van der Waals surface area (Å²) >= 11 is 0. The van der Waals surface area contributed by atoms with Gasteiger partial charge in [0.1, 0.15) is 5.75 Å². The molecule has 0 heterocycles. The molecule has 0 aliphatic rings. The Morgan fingerprint density at radius 1 is 0.871 bits per heavy atom. The van der Waals surface area contributed by atoms with Crippen LogP contribution in [0.4, 0.5) is 5.69 Å². The lowest BCUT2D eigenvalue weighted by Gasteiger charge is -2.18. The number of amides is 1.